The number of benzene rings is 3. The van der Waals surface area contributed by atoms with Gasteiger partial charge in [-0.3, -0.25) is 13.9 Å². The molecule has 8 nitrogen and oxygen atoms in total. The summed E-state index contributed by atoms with van der Waals surface area (Å²) in [6.45, 7) is 5.71. The quantitative estimate of drug-likeness (QED) is 0.314. The van der Waals surface area contributed by atoms with Gasteiger partial charge in [0.15, 0.2) is 0 Å². The van der Waals surface area contributed by atoms with Crippen LogP contribution in [0.1, 0.15) is 26.3 Å². The number of anilines is 1. The van der Waals surface area contributed by atoms with Crippen LogP contribution >= 0.6 is 15.9 Å². The largest absolute Gasteiger partial charge is 0.497 e. The zero-order valence-corrected chi connectivity index (χ0v) is 24.9. The van der Waals surface area contributed by atoms with Crippen LogP contribution in [0.25, 0.3) is 0 Å². The van der Waals surface area contributed by atoms with Crippen LogP contribution in [0.5, 0.6) is 5.75 Å². The van der Waals surface area contributed by atoms with E-state index in [4.69, 9.17) is 4.74 Å². The minimum Gasteiger partial charge on any atom is -0.497 e. The number of hydrogen-bond acceptors (Lipinski definition) is 5. The number of methoxy groups -OCH3 is 1. The van der Waals surface area contributed by atoms with Crippen LogP contribution in [0, 0.1) is 5.92 Å². The van der Waals surface area contributed by atoms with E-state index in [0.717, 1.165) is 14.3 Å². The average Bonchev–Trinajstić information content (AvgIpc) is 2.94. The normalized spacial score (nSPS) is 12.1. The lowest BCUT2D eigenvalue weighted by Gasteiger charge is -2.32. The number of nitrogens with zero attached hydrogens (tertiary/aromatic N) is 2. The lowest BCUT2D eigenvalue weighted by molar-refractivity contribution is -0.139. The number of nitrogens with one attached hydrogen (secondary N) is 1. The van der Waals surface area contributed by atoms with Gasteiger partial charge >= 0.3 is 0 Å². The fourth-order valence-electron chi connectivity index (χ4n) is 3.82. The van der Waals surface area contributed by atoms with Crippen LogP contribution in [0.3, 0.4) is 0 Å². The number of ether oxygens (including phenoxy) is 1. The molecule has 0 saturated heterocycles. The Morgan fingerprint density at radius 3 is 2.10 bits per heavy atom. The highest BCUT2D eigenvalue weighted by Crippen LogP contribution is 2.26. The molecule has 0 aliphatic carbocycles. The van der Waals surface area contributed by atoms with Crippen LogP contribution in [0.4, 0.5) is 5.69 Å². The smallest absolute Gasteiger partial charge is 0.264 e. The molecule has 1 atom stereocenters. The van der Waals surface area contributed by atoms with Crippen LogP contribution in [0.2, 0.25) is 0 Å². The molecule has 0 aromatic heterocycles. The summed E-state index contributed by atoms with van der Waals surface area (Å²) in [4.78, 5) is 28.4. The molecular formula is C29H34BrN3O5S. The maximum atomic E-state index is 13.9. The van der Waals surface area contributed by atoms with Gasteiger partial charge in [0.1, 0.15) is 18.3 Å². The molecule has 0 unspecified atom stereocenters. The van der Waals surface area contributed by atoms with Crippen molar-refractivity contribution < 1.29 is 22.7 Å². The van der Waals surface area contributed by atoms with Gasteiger partial charge in [-0.15, -0.1) is 0 Å². The molecular weight excluding hydrogens is 582 g/mol. The highest BCUT2D eigenvalue weighted by molar-refractivity contribution is 9.10. The van der Waals surface area contributed by atoms with Crippen molar-refractivity contribution in [2.75, 3.05) is 24.5 Å². The second kappa shape index (κ2) is 13.6. The topological polar surface area (TPSA) is 96.0 Å². The Balaban J connectivity index is 1.99. The van der Waals surface area contributed by atoms with Gasteiger partial charge in [-0.2, -0.15) is 0 Å². The molecule has 3 rings (SSSR count). The molecule has 0 spiro atoms. The number of hydrogen-bond donors (Lipinski definition) is 1. The third-order valence-electron chi connectivity index (χ3n) is 6.09. The zero-order valence-electron chi connectivity index (χ0n) is 22.5. The summed E-state index contributed by atoms with van der Waals surface area (Å²) in [6.07, 6.45) is 0. The molecule has 3 aromatic rings. The zero-order chi connectivity index (χ0) is 28.6. The maximum absolute atomic E-state index is 13.9. The number of rotatable bonds is 12. The Labute approximate surface area is 239 Å². The summed E-state index contributed by atoms with van der Waals surface area (Å²) in [6, 6.07) is 21.0. The molecule has 3 aromatic carbocycles. The lowest BCUT2D eigenvalue weighted by Crippen LogP contribution is -2.51. The Morgan fingerprint density at radius 1 is 0.923 bits per heavy atom. The third-order valence-corrected chi connectivity index (χ3v) is 8.41. The Bertz CT molecular complexity index is 1350. The van der Waals surface area contributed by atoms with E-state index in [1.807, 2.05) is 38.1 Å². The number of halogens is 1. The summed E-state index contributed by atoms with van der Waals surface area (Å²) in [5, 5.41) is 2.88. The molecule has 0 fully saturated rings. The van der Waals surface area contributed by atoms with Gasteiger partial charge < -0.3 is 15.0 Å². The minimum atomic E-state index is -4.11. The number of carbonyl (C=O) groups excluding carboxylic acids is 2. The van der Waals surface area contributed by atoms with Crippen molar-refractivity contribution in [1.82, 2.24) is 10.2 Å². The van der Waals surface area contributed by atoms with E-state index in [-0.39, 0.29) is 23.3 Å². The first-order valence-electron chi connectivity index (χ1n) is 12.6. The maximum Gasteiger partial charge on any atom is 0.264 e. The van der Waals surface area contributed by atoms with E-state index in [1.54, 1.807) is 49.4 Å². The Hall–Kier alpha value is -3.37. The van der Waals surface area contributed by atoms with Gasteiger partial charge in [0.05, 0.1) is 17.7 Å². The van der Waals surface area contributed by atoms with Gasteiger partial charge in [0.25, 0.3) is 10.0 Å². The highest BCUT2D eigenvalue weighted by Gasteiger charge is 2.32. The standard InChI is InChI=1S/C29H34BrN3O5S/c1-21(2)18-31-29(35)22(3)32(19-23-10-12-24(30)13-11-23)28(34)20-33(25-14-16-26(38-4)17-15-25)39(36,37)27-8-6-5-7-9-27/h5-17,21-22H,18-20H2,1-4H3,(H,31,35)/t22-/m1/s1. The lowest BCUT2D eigenvalue weighted by atomic mass is 10.1. The Kier molecular flexibility index (Phi) is 10.5. The van der Waals surface area contributed by atoms with Crippen molar-refractivity contribution >= 4 is 43.5 Å². The van der Waals surface area contributed by atoms with E-state index in [9.17, 15) is 18.0 Å². The van der Waals surface area contributed by atoms with Crippen molar-refractivity contribution in [2.45, 2.75) is 38.3 Å². The molecule has 0 radical (unpaired) electrons. The summed E-state index contributed by atoms with van der Waals surface area (Å²) in [5.41, 5.74) is 1.10. The van der Waals surface area contributed by atoms with Gasteiger partial charge in [-0.1, -0.05) is 60.1 Å². The first kappa shape index (κ1) is 30.2. The number of carbonyl (C=O) groups is 2. The fraction of sp³-hybridized carbons (Fsp3) is 0.310. The van der Waals surface area contributed by atoms with Crippen molar-refractivity contribution in [3.05, 3.63) is 88.9 Å². The van der Waals surface area contributed by atoms with Crippen LogP contribution in [-0.2, 0) is 26.2 Å². The number of amides is 2. The molecule has 208 valence electrons. The monoisotopic (exact) mass is 615 g/mol. The highest BCUT2D eigenvalue weighted by atomic mass is 79.9. The summed E-state index contributed by atoms with van der Waals surface area (Å²) >= 11 is 3.41. The second-order valence-corrected chi connectivity index (χ2v) is 12.3. The summed E-state index contributed by atoms with van der Waals surface area (Å²) in [5.74, 6) is -0.0377. The van der Waals surface area contributed by atoms with Crippen molar-refractivity contribution in [2.24, 2.45) is 5.92 Å². The number of sulfonamides is 1. The van der Waals surface area contributed by atoms with E-state index >= 15 is 0 Å². The van der Waals surface area contributed by atoms with Crippen LogP contribution in [-0.4, -0.2) is 51.4 Å². The SMILES string of the molecule is COc1ccc(N(CC(=O)N(Cc2ccc(Br)cc2)[C@H](C)C(=O)NCC(C)C)S(=O)(=O)c2ccccc2)cc1. The van der Waals surface area contributed by atoms with E-state index in [2.05, 4.69) is 21.2 Å². The van der Waals surface area contributed by atoms with Crippen molar-refractivity contribution in [1.29, 1.82) is 0 Å². The van der Waals surface area contributed by atoms with Crippen molar-refractivity contribution in [3.63, 3.8) is 0 Å². The predicted octanol–water partition coefficient (Wildman–Crippen LogP) is 4.84. The van der Waals surface area contributed by atoms with Gasteiger partial charge in [-0.05, 0) is 66.9 Å². The molecule has 0 heterocycles. The molecule has 0 aliphatic heterocycles. The summed E-state index contributed by atoms with van der Waals surface area (Å²) in [7, 11) is -2.59. The molecule has 0 aliphatic rings. The molecule has 39 heavy (non-hydrogen) atoms. The third kappa shape index (κ3) is 8.06. The second-order valence-electron chi connectivity index (χ2n) is 9.49. The molecule has 1 N–H and O–H groups in total. The fourth-order valence-corrected chi connectivity index (χ4v) is 5.52. The van der Waals surface area contributed by atoms with Crippen LogP contribution in [0.15, 0.2) is 88.2 Å². The average molecular weight is 617 g/mol. The first-order valence-corrected chi connectivity index (χ1v) is 14.8. The molecule has 2 amide bonds. The minimum absolute atomic E-state index is 0.0517. The van der Waals surface area contributed by atoms with Gasteiger partial charge in [-0.25, -0.2) is 8.42 Å². The van der Waals surface area contributed by atoms with E-state index < -0.39 is 28.5 Å². The van der Waals surface area contributed by atoms with E-state index in [0.29, 0.717) is 18.0 Å². The van der Waals surface area contributed by atoms with Gasteiger partial charge in [0.2, 0.25) is 11.8 Å². The van der Waals surface area contributed by atoms with Crippen LogP contribution < -0.4 is 14.4 Å². The Morgan fingerprint density at radius 2 is 1.54 bits per heavy atom. The predicted molar refractivity (Wildman–Crippen MR) is 156 cm³/mol. The molecule has 0 bridgehead atoms. The van der Waals surface area contributed by atoms with Crippen molar-refractivity contribution in [3.8, 4) is 5.75 Å². The molecule has 10 heteroatoms. The summed E-state index contributed by atoms with van der Waals surface area (Å²) < 4.78 is 34.7. The first-order chi connectivity index (χ1) is 18.5. The van der Waals surface area contributed by atoms with E-state index in [1.165, 1.54) is 24.1 Å². The molecule has 0 saturated carbocycles. The van der Waals surface area contributed by atoms with Gasteiger partial charge in [0, 0.05) is 17.6 Å².